The molecule has 0 aliphatic carbocycles. The van der Waals surface area contributed by atoms with Crippen LogP contribution in [-0.4, -0.2) is 106 Å². The van der Waals surface area contributed by atoms with Crippen LogP contribution in [0, 0.1) is 5.92 Å². The maximum atomic E-state index is 10.1. The van der Waals surface area contributed by atoms with Crippen LogP contribution in [0.15, 0.2) is 0 Å². The van der Waals surface area contributed by atoms with Gasteiger partial charge in [0.1, 0.15) is 42.7 Å². The van der Waals surface area contributed by atoms with Gasteiger partial charge in [0, 0.05) is 0 Å². The Balaban J connectivity index is 1.90. The van der Waals surface area contributed by atoms with E-state index < -0.39 is 61.9 Å². The number of aliphatic hydroxyl groups excluding tert-OH is 6. The molecule has 10 atom stereocenters. The third kappa shape index (κ3) is 4.90. The highest BCUT2D eigenvalue weighted by Gasteiger charge is 2.47. The first kappa shape index (κ1) is 21.9. The highest BCUT2D eigenvalue weighted by molar-refractivity contribution is 4.90. The van der Waals surface area contributed by atoms with Gasteiger partial charge in [-0.3, -0.25) is 0 Å². The van der Waals surface area contributed by atoms with Crippen LogP contribution in [0.25, 0.3) is 0 Å². The zero-order valence-corrected chi connectivity index (χ0v) is 14.9. The Kier molecular flexibility index (Phi) is 8.16. The molecule has 154 valence electrons. The van der Waals surface area contributed by atoms with Crippen molar-refractivity contribution in [1.29, 1.82) is 0 Å². The van der Waals surface area contributed by atoms with Crippen molar-refractivity contribution in [3.63, 3.8) is 0 Å². The van der Waals surface area contributed by atoms with Gasteiger partial charge in [-0.15, -0.1) is 0 Å². The molecule has 0 aromatic carbocycles. The lowest BCUT2D eigenvalue weighted by Gasteiger charge is -2.40. The molecule has 0 amide bonds. The standard InChI is InChI=1S/C16H30O10/c1-3-7(2)5-23-16-14(22)12(20)11(19)9(26-16)6-24-15-13(21)10(18)8(4-17)25-15/h7-22H,3-6H2,1-2H3. The van der Waals surface area contributed by atoms with E-state index in [1.54, 1.807) is 0 Å². The highest BCUT2D eigenvalue weighted by atomic mass is 16.7. The second-order valence-electron chi connectivity index (χ2n) is 6.90. The van der Waals surface area contributed by atoms with E-state index in [0.717, 1.165) is 6.42 Å². The van der Waals surface area contributed by atoms with Crippen LogP contribution in [0.2, 0.25) is 0 Å². The van der Waals surface area contributed by atoms with Crippen molar-refractivity contribution < 1.29 is 49.6 Å². The minimum atomic E-state index is -1.50. The Hall–Kier alpha value is -0.400. The van der Waals surface area contributed by atoms with E-state index >= 15 is 0 Å². The second-order valence-corrected chi connectivity index (χ2v) is 6.90. The molecule has 10 unspecified atom stereocenters. The quantitative estimate of drug-likeness (QED) is 0.261. The molecule has 2 heterocycles. The van der Waals surface area contributed by atoms with Crippen molar-refractivity contribution in [3.05, 3.63) is 0 Å². The third-order valence-corrected chi connectivity index (χ3v) is 4.83. The van der Waals surface area contributed by atoms with E-state index in [1.807, 2.05) is 13.8 Å². The fourth-order valence-corrected chi connectivity index (χ4v) is 2.76. The van der Waals surface area contributed by atoms with Gasteiger partial charge < -0.3 is 49.6 Å². The van der Waals surface area contributed by atoms with Crippen molar-refractivity contribution in [2.75, 3.05) is 19.8 Å². The average molecular weight is 382 g/mol. The number of aliphatic hydroxyl groups is 6. The van der Waals surface area contributed by atoms with Gasteiger partial charge in [-0.2, -0.15) is 0 Å². The summed E-state index contributed by atoms with van der Waals surface area (Å²) in [6, 6.07) is 0. The predicted molar refractivity (Wildman–Crippen MR) is 85.8 cm³/mol. The number of ether oxygens (including phenoxy) is 4. The van der Waals surface area contributed by atoms with E-state index in [-0.39, 0.29) is 12.5 Å². The maximum Gasteiger partial charge on any atom is 0.186 e. The van der Waals surface area contributed by atoms with E-state index in [9.17, 15) is 25.5 Å². The lowest BCUT2D eigenvalue weighted by Crippen LogP contribution is -2.59. The Bertz CT molecular complexity index is 424. The summed E-state index contributed by atoms with van der Waals surface area (Å²) < 4.78 is 21.5. The minimum Gasteiger partial charge on any atom is -0.394 e. The second kappa shape index (κ2) is 9.69. The molecule has 10 nitrogen and oxygen atoms in total. The van der Waals surface area contributed by atoms with Gasteiger partial charge in [0.2, 0.25) is 0 Å². The lowest BCUT2D eigenvalue weighted by molar-refractivity contribution is -0.311. The molecule has 0 aromatic heterocycles. The third-order valence-electron chi connectivity index (χ3n) is 4.83. The summed E-state index contributed by atoms with van der Waals surface area (Å²) in [6.07, 6.45) is -10.5. The highest BCUT2D eigenvalue weighted by Crippen LogP contribution is 2.26. The summed E-state index contributed by atoms with van der Waals surface area (Å²) in [6.45, 7) is 3.48. The fourth-order valence-electron chi connectivity index (χ4n) is 2.76. The zero-order valence-electron chi connectivity index (χ0n) is 14.9. The molecule has 6 N–H and O–H groups in total. The molecular formula is C16H30O10. The topological polar surface area (TPSA) is 158 Å². The Morgan fingerprint density at radius 2 is 1.35 bits per heavy atom. The molecule has 0 radical (unpaired) electrons. The number of hydrogen-bond donors (Lipinski definition) is 6. The van der Waals surface area contributed by atoms with Crippen molar-refractivity contribution >= 4 is 0 Å². The molecule has 0 spiro atoms. The van der Waals surface area contributed by atoms with E-state index in [4.69, 9.17) is 24.1 Å². The molecular weight excluding hydrogens is 352 g/mol. The SMILES string of the molecule is CCC(C)COC1OC(COC2OC(CO)C(O)C2O)C(O)C(O)C1O. The first-order chi connectivity index (χ1) is 12.3. The Labute approximate surface area is 151 Å². The summed E-state index contributed by atoms with van der Waals surface area (Å²) in [5, 5.41) is 58.7. The summed E-state index contributed by atoms with van der Waals surface area (Å²) in [7, 11) is 0. The maximum absolute atomic E-state index is 10.1. The van der Waals surface area contributed by atoms with Crippen LogP contribution >= 0.6 is 0 Å². The van der Waals surface area contributed by atoms with Crippen LogP contribution in [0.5, 0.6) is 0 Å². The van der Waals surface area contributed by atoms with Crippen LogP contribution < -0.4 is 0 Å². The van der Waals surface area contributed by atoms with Crippen LogP contribution in [0.4, 0.5) is 0 Å². The van der Waals surface area contributed by atoms with Crippen LogP contribution in [0.1, 0.15) is 20.3 Å². The number of hydrogen-bond acceptors (Lipinski definition) is 10. The molecule has 2 aliphatic heterocycles. The number of rotatable bonds is 8. The van der Waals surface area contributed by atoms with Crippen molar-refractivity contribution in [2.24, 2.45) is 5.92 Å². The summed E-state index contributed by atoms with van der Waals surface area (Å²) in [5.74, 6) is 0.225. The fraction of sp³-hybridized carbons (Fsp3) is 1.00. The molecule has 2 aliphatic rings. The normalized spacial score (nSPS) is 45.0. The average Bonchev–Trinajstić information content (AvgIpc) is 2.92. The summed E-state index contributed by atoms with van der Waals surface area (Å²) in [4.78, 5) is 0. The van der Waals surface area contributed by atoms with Gasteiger partial charge in [-0.05, 0) is 5.92 Å². The monoisotopic (exact) mass is 382 g/mol. The van der Waals surface area contributed by atoms with Gasteiger partial charge in [0.25, 0.3) is 0 Å². The molecule has 2 fully saturated rings. The van der Waals surface area contributed by atoms with Gasteiger partial charge in [0.05, 0.1) is 19.8 Å². The molecule has 2 saturated heterocycles. The largest absolute Gasteiger partial charge is 0.394 e. The molecule has 10 heteroatoms. The Morgan fingerprint density at radius 3 is 1.92 bits per heavy atom. The van der Waals surface area contributed by atoms with Gasteiger partial charge in [-0.25, -0.2) is 0 Å². The van der Waals surface area contributed by atoms with E-state index in [0.29, 0.717) is 6.61 Å². The first-order valence-corrected chi connectivity index (χ1v) is 8.85. The summed E-state index contributed by atoms with van der Waals surface area (Å²) >= 11 is 0. The van der Waals surface area contributed by atoms with Crippen molar-refractivity contribution in [1.82, 2.24) is 0 Å². The molecule has 0 saturated carbocycles. The summed E-state index contributed by atoms with van der Waals surface area (Å²) in [5.41, 5.74) is 0. The lowest BCUT2D eigenvalue weighted by atomic mass is 9.99. The molecule has 0 aromatic rings. The smallest absolute Gasteiger partial charge is 0.186 e. The molecule has 0 bridgehead atoms. The van der Waals surface area contributed by atoms with Crippen LogP contribution in [-0.2, 0) is 18.9 Å². The molecule has 2 rings (SSSR count). The van der Waals surface area contributed by atoms with E-state index in [1.165, 1.54) is 0 Å². The molecule has 26 heavy (non-hydrogen) atoms. The minimum absolute atomic E-state index is 0.225. The van der Waals surface area contributed by atoms with Crippen LogP contribution in [0.3, 0.4) is 0 Å². The van der Waals surface area contributed by atoms with Gasteiger partial charge >= 0.3 is 0 Å². The van der Waals surface area contributed by atoms with Crippen molar-refractivity contribution in [2.45, 2.75) is 75.6 Å². The van der Waals surface area contributed by atoms with Crippen molar-refractivity contribution in [3.8, 4) is 0 Å². The zero-order chi connectivity index (χ0) is 19.4. The predicted octanol–water partition coefficient (Wildman–Crippen LogP) is -2.69. The van der Waals surface area contributed by atoms with Gasteiger partial charge in [-0.1, -0.05) is 20.3 Å². The van der Waals surface area contributed by atoms with E-state index in [2.05, 4.69) is 0 Å². The van der Waals surface area contributed by atoms with Gasteiger partial charge in [0.15, 0.2) is 12.6 Å². The first-order valence-electron chi connectivity index (χ1n) is 8.85. The Morgan fingerprint density at radius 1 is 0.808 bits per heavy atom.